The minimum absolute atomic E-state index is 0.214. The summed E-state index contributed by atoms with van der Waals surface area (Å²) in [6, 6.07) is 6.54. The molecule has 0 bridgehead atoms. The van der Waals surface area contributed by atoms with Gasteiger partial charge in [-0.05, 0) is 50.1 Å². The molecule has 2 rings (SSSR count). The van der Waals surface area contributed by atoms with Crippen LogP contribution in [-0.2, 0) is 10.0 Å². The smallest absolute Gasteiger partial charge is 0.282 e. The van der Waals surface area contributed by atoms with Crippen molar-refractivity contribution in [2.45, 2.75) is 38.5 Å². The van der Waals surface area contributed by atoms with Gasteiger partial charge in [0.25, 0.3) is 10.0 Å². The molecule has 1 aromatic heterocycles. The van der Waals surface area contributed by atoms with E-state index in [1.54, 1.807) is 31.2 Å². The van der Waals surface area contributed by atoms with Crippen molar-refractivity contribution in [1.82, 2.24) is 9.19 Å². The quantitative estimate of drug-likeness (QED) is 0.770. The molecule has 114 valence electrons. The van der Waals surface area contributed by atoms with Crippen molar-refractivity contribution in [3.05, 3.63) is 41.7 Å². The predicted octanol–water partition coefficient (Wildman–Crippen LogP) is 2.92. The number of aryl methyl sites for hydroxylation is 2. The van der Waals surface area contributed by atoms with Crippen LogP contribution in [0, 0.1) is 13.8 Å². The lowest BCUT2D eigenvalue weighted by Crippen LogP contribution is -2.14. The normalized spacial score (nSPS) is 11.6. The molecule has 0 saturated heterocycles. The Morgan fingerprint density at radius 2 is 2.00 bits per heavy atom. The fourth-order valence-corrected chi connectivity index (χ4v) is 3.15. The fraction of sp³-hybridized carbons (Fsp3) is 0.400. The number of rotatable bonds is 6. The van der Waals surface area contributed by atoms with Gasteiger partial charge >= 0.3 is 0 Å². The Morgan fingerprint density at radius 1 is 1.24 bits per heavy atom. The Morgan fingerprint density at radius 3 is 2.57 bits per heavy atom. The monoisotopic (exact) mass is 308 g/mol. The van der Waals surface area contributed by atoms with E-state index in [4.69, 9.17) is 4.74 Å². The third-order valence-corrected chi connectivity index (χ3v) is 4.69. The Balaban J connectivity index is 2.27. The van der Waals surface area contributed by atoms with Gasteiger partial charge in [0.05, 0.1) is 17.2 Å². The molecule has 0 unspecified atom stereocenters. The van der Waals surface area contributed by atoms with Gasteiger partial charge in [-0.15, -0.1) is 0 Å². The zero-order chi connectivity index (χ0) is 15.5. The van der Waals surface area contributed by atoms with Crippen LogP contribution in [0.5, 0.6) is 5.75 Å². The number of benzene rings is 1. The van der Waals surface area contributed by atoms with Crippen LogP contribution in [0.2, 0.25) is 0 Å². The summed E-state index contributed by atoms with van der Waals surface area (Å²) in [6.07, 6.45) is 3.49. The van der Waals surface area contributed by atoms with Gasteiger partial charge in [-0.1, -0.05) is 13.3 Å². The number of hydrogen-bond donors (Lipinski definition) is 0. The Bertz CT molecular complexity index is 720. The molecule has 1 heterocycles. The maximum atomic E-state index is 12.4. The van der Waals surface area contributed by atoms with E-state index < -0.39 is 10.0 Å². The molecule has 0 fully saturated rings. The lowest BCUT2D eigenvalue weighted by Gasteiger charge is -2.11. The standard InChI is InChI=1S/C15H20N2O3S/c1-4-5-10-20-15-7-6-14(11-12(15)2)21(18,19)17-9-8-13(3)16-17/h6-9,11H,4-5,10H2,1-3H3. The summed E-state index contributed by atoms with van der Waals surface area (Å²) in [5.74, 6) is 0.721. The highest BCUT2D eigenvalue weighted by Crippen LogP contribution is 2.23. The van der Waals surface area contributed by atoms with Crippen LogP contribution >= 0.6 is 0 Å². The van der Waals surface area contributed by atoms with Crippen molar-refractivity contribution in [1.29, 1.82) is 0 Å². The van der Waals surface area contributed by atoms with Crippen LogP contribution < -0.4 is 4.74 Å². The van der Waals surface area contributed by atoms with E-state index in [0.717, 1.165) is 28.2 Å². The minimum atomic E-state index is -3.63. The van der Waals surface area contributed by atoms with Crippen LogP contribution in [-0.4, -0.2) is 24.2 Å². The van der Waals surface area contributed by atoms with Gasteiger partial charge in [-0.3, -0.25) is 0 Å². The molecule has 0 aliphatic carbocycles. The first-order valence-electron chi connectivity index (χ1n) is 6.96. The van der Waals surface area contributed by atoms with E-state index in [9.17, 15) is 8.42 Å². The van der Waals surface area contributed by atoms with E-state index in [1.807, 2.05) is 6.92 Å². The van der Waals surface area contributed by atoms with Gasteiger partial charge in [-0.2, -0.15) is 17.6 Å². The molecule has 6 heteroatoms. The summed E-state index contributed by atoms with van der Waals surface area (Å²) >= 11 is 0. The SMILES string of the molecule is CCCCOc1ccc(S(=O)(=O)n2ccc(C)n2)cc1C. The van der Waals surface area contributed by atoms with Crippen molar-refractivity contribution >= 4 is 10.0 Å². The number of nitrogens with zero attached hydrogens (tertiary/aromatic N) is 2. The first-order valence-corrected chi connectivity index (χ1v) is 8.40. The largest absolute Gasteiger partial charge is 0.493 e. The van der Waals surface area contributed by atoms with Crippen LogP contribution in [0.1, 0.15) is 31.0 Å². The second-order valence-corrected chi connectivity index (χ2v) is 6.76. The van der Waals surface area contributed by atoms with Gasteiger partial charge < -0.3 is 4.74 Å². The summed E-state index contributed by atoms with van der Waals surface area (Å²) in [7, 11) is -3.63. The molecule has 0 atom stereocenters. The minimum Gasteiger partial charge on any atom is -0.493 e. The first kappa shape index (κ1) is 15.6. The van der Waals surface area contributed by atoms with E-state index in [2.05, 4.69) is 12.0 Å². The van der Waals surface area contributed by atoms with Crippen molar-refractivity contribution in [3.63, 3.8) is 0 Å². The highest BCUT2D eigenvalue weighted by Gasteiger charge is 2.18. The molecular weight excluding hydrogens is 288 g/mol. The number of unbranched alkanes of at least 4 members (excludes halogenated alkanes) is 1. The molecule has 0 aliphatic rings. The molecule has 21 heavy (non-hydrogen) atoms. The van der Waals surface area contributed by atoms with E-state index in [1.165, 1.54) is 6.20 Å². The van der Waals surface area contributed by atoms with E-state index in [0.29, 0.717) is 12.3 Å². The van der Waals surface area contributed by atoms with Gasteiger partial charge in [0, 0.05) is 6.20 Å². The Labute approximate surface area is 125 Å². The highest BCUT2D eigenvalue weighted by molar-refractivity contribution is 7.89. The Hall–Kier alpha value is -1.82. The number of hydrogen-bond acceptors (Lipinski definition) is 4. The Kier molecular flexibility index (Phi) is 4.67. The van der Waals surface area contributed by atoms with Crippen LogP contribution in [0.25, 0.3) is 0 Å². The molecule has 0 N–H and O–H groups in total. The molecule has 0 amide bonds. The van der Waals surface area contributed by atoms with Gasteiger partial charge in [-0.25, -0.2) is 0 Å². The molecule has 2 aromatic rings. The average molecular weight is 308 g/mol. The third-order valence-electron chi connectivity index (χ3n) is 3.15. The number of aromatic nitrogens is 2. The molecule has 0 radical (unpaired) electrons. The van der Waals surface area contributed by atoms with Crippen molar-refractivity contribution in [2.24, 2.45) is 0 Å². The second kappa shape index (κ2) is 6.30. The summed E-state index contributed by atoms with van der Waals surface area (Å²) in [6.45, 7) is 6.33. The summed E-state index contributed by atoms with van der Waals surface area (Å²) in [4.78, 5) is 0.214. The molecule has 0 aliphatic heterocycles. The maximum Gasteiger partial charge on any atom is 0.282 e. The molecular formula is C15H20N2O3S. The molecule has 0 saturated carbocycles. The van der Waals surface area contributed by atoms with Crippen molar-refractivity contribution < 1.29 is 13.2 Å². The topological polar surface area (TPSA) is 61.2 Å². The van der Waals surface area contributed by atoms with Crippen LogP contribution in [0.3, 0.4) is 0 Å². The summed E-state index contributed by atoms with van der Waals surface area (Å²) in [5.41, 5.74) is 1.46. The van der Waals surface area contributed by atoms with Crippen molar-refractivity contribution in [2.75, 3.05) is 6.61 Å². The van der Waals surface area contributed by atoms with Gasteiger partial charge in [0.1, 0.15) is 5.75 Å². The first-order chi connectivity index (χ1) is 9.95. The molecule has 0 spiro atoms. The van der Waals surface area contributed by atoms with Gasteiger partial charge in [0.15, 0.2) is 0 Å². The predicted molar refractivity (Wildman–Crippen MR) is 81.1 cm³/mol. The van der Waals surface area contributed by atoms with E-state index >= 15 is 0 Å². The third kappa shape index (κ3) is 3.44. The van der Waals surface area contributed by atoms with Gasteiger partial charge in [0.2, 0.25) is 0 Å². The van der Waals surface area contributed by atoms with Crippen molar-refractivity contribution in [3.8, 4) is 5.75 Å². The maximum absolute atomic E-state index is 12.4. The fourth-order valence-electron chi connectivity index (χ4n) is 1.91. The van der Waals surface area contributed by atoms with E-state index in [-0.39, 0.29) is 4.90 Å². The zero-order valence-corrected chi connectivity index (χ0v) is 13.4. The summed E-state index contributed by atoms with van der Waals surface area (Å²) < 4.78 is 31.5. The molecule has 5 nitrogen and oxygen atoms in total. The van der Waals surface area contributed by atoms with Crippen LogP contribution in [0.15, 0.2) is 35.4 Å². The molecule has 1 aromatic carbocycles. The lowest BCUT2D eigenvalue weighted by atomic mass is 10.2. The number of ether oxygens (including phenoxy) is 1. The highest BCUT2D eigenvalue weighted by atomic mass is 32.2. The van der Waals surface area contributed by atoms with Crippen LogP contribution in [0.4, 0.5) is 0 Å². The lowest BCUT2D eigenvalue weighted by molar-refractivity contribution is 0.307. The average Bonchev–Trinajstić information content (AvgIpc) is 2.88. The zero-order valence-electron chi connectivity index (χ0n) is 12.5. The second-order valence-electron chi connectivity index (χ2n) is 4.96. The summed E-state index contributed by atoms with van der Waals surface area (Å²) in [5, 5.41) is 3.97.